The van der Waals surface area contributed by atoms with Gasteiger partial charge >= 0.3 is 5.97 Å². The van der Waals surface area contributed by atoms with E-state index >= 15 is 0 Å². The van der Waals surface area contributed by atoms with Crippen molar-refractivity contribution < 1.29 is 14.3 Å². The number of aromatic nitrogens is 1. The van der Waals surface area contributed by atoms with Gasteiger partial charge in [-0.2, -0.15) is 0 Å². The van der Waals surface area contributed by atoms with Gasteiger partial charge in [-0.25, -0.2) is 0 Å². The van der Waals surface area contributed by atoms with Crippen molar-refractivity contribution in [3.05, 3.63) is 95.1 Å². The number of aryl methyl sites for hydroxylation is 1. The molecule has 0 saturated heterocycles. The van der Waals surface area contributed by atoms with E-state index in [1.165, 1.54) is 12.7 Å². The topological polar surface area (TPSA) is 62.4 Å². The number of fused-ring (bicyclic) bond motifs is 2. The molecule has 1 aromatic heterocycles. The molecular formula is C26H22N2O3. The van der Waals surface area contributed by atoms with Crippen LogP contribution in [0.1, 0.15) is 33.1 Å². The fourth-order valence-electron chi connectivity index (χ4n) is 4.44. The summed E-state index contributed by atoms with van der Waals surface area (Å²) in [4.78, 5) is 30.7. The van der Waals surface area contributed by atoms with Crippen molar-refractivity contribution in [2.45, 2.75) is 13.0 Å². The van der Waals surface area contributed by atoms with Gasteiger partial charge in [0.15, 0.2) is 0 Å². The van der Waals surface area contributed by atoms with Gasteiger partial charge in [0.2, 0.25) is 0 Å². The highest BCUT2D eigenvalue weighted by molar-refractivity contribution is 6.03. The smallest absolute Gasteiger partial charge is 0.325 e. The molecule has 5 nitrogen and oxygen atoms in total. The standard InChI is InChI=1S/C26H22N2O3/c1-16-11-13-17(14-12-16)24-23(20-9-5-6-10-21(20)27-24)25-18-7-3-4-8-19(18)26(30)28(25)15-22(29)31-2/h3-14,25,27H,15H2,1-2H3. The number of benzene rings is 3. The molecule has 154 valence electrons. The lowest BCUT2D eigenvalue weighted by Gasteiger charge is -2.25. The van der Waals surface area contributed by atoms with E-state index in [1.807, 2.05) is 42.5 Å². The first-order valence-electron chi connectivity index (χ1n) is 10.2. The molecule has 1 unspecified atom stereocenters. The molecule has 2 heterocycles. The second-order valence-electron chi connectivity index (χ2n) is 7.82. The Morgan fingerprint density at radius 3 is 2.48 bits per heavy atom. The van der Waals surface area contributed by atoms with Crippen LogP contribution in [0.5, 0.6) is 0 Å². The lowest BCUT2D eigenvalue weighted by molar-refractivity contribution is -0.141. The highest BCUT2D eigenvalue weighted by atomic mass is 16.5. The third-order valence-corrected chi connectivity index (χ3v) is 5.95. The van der Waals surface area contributed by atoms with Crippen molar-refractivity contribution in [1.29, 1.82) is 0 Å². The van der Waals surface area contributed by atoms with Crippen molar-refractivity contribution in [2.75, 3.05) is 13.7 Å². The number of aromatic amines is 1. The van der Waals surface area contributed by atoms with Gasteiger partial charge in [-0.05, 0) is 30.2 Å². The second kappa shape index (κ2) is 7.43. The third-order valence-electron chi connectivity index (χ3n) is 5.95. The highest BCUT2D eigenvalue weighted by Gasteiger charge is 2.41. The number of hydrogen-bond donors (Lipinski definition) is 1. The monoisotopic (exact) mass is 410 g/mol. The molecule has 1 amide bonds. The summed E-state index contributed by atoms with van der Waals surface area (Å²) in [6.07, 6.45) is 0. The number of nitrogens with one attached hydrogen (secondary N) is 1. The van der Waals surface area contributed by atoms with Crippen LogP contribution in [0.2, 0.25) is 0 Å². The maximum Gasteiger partial charge on any atom is 0.325 e. The largest absolute Gasteiger partial charge is 0.468 e. The second-order valence-corrected chi connectivity index (χ2v) is 7.82. The fraction of sp³-hybridized carbons (Fsp3) is 0.154. The van der Waals surface area contributed by atoms with Gasteiger partial charge in [0.05, 0.1) is 18.8 Å². The molecule has 0 fully saturated rings. The average molecular weight is 410 g/mol. The zero-order valence-electron chi connectivity index (χ0n) is 17.4. The van der Waals surface area contributed by atoms with Crippen LogP contribution in [0.3, 0.4) is 0 Å². The van der Waals surface area contributed by atoms with Crippen LogP contribution in [0.4, 0.5) is 0 Å². The number of esters is 1. The first-order valence-corrected chi connectivity index (χ1v) is 10.2. The summed E-state index contributed by atoms with van der Waals surface area (Å²) < 4.78 is 4.90. The van der Waals surface area contributed by atoms with E-state index in [2.05, 4.69) is 42.2 Å². The molecule has 0 radical (unpaired) electrons. The van der Waals surface area contributed by atoms with Crippen LogP contribution in [0.25, 0.3) is 22.2 Å². The molecule has 0 bridgehead atoms. The molecule has 1 N–H and O–H groups in total. The molecule has 0 spiro atoms. The Bertz CT molecular complexity index is 1300. The molecule has 5 rings (SSSR count). The van der Waals surface area contributed by atoms with Gasteiger partial charge in [0, 0.05) is 22.0 Å². The molecule has 3 aromatic carbocycles. The lowest BCUT2D eigenvalue weighted by Crippen LogP contribution is -2.34. The van der Waals surface area contributed by atoms with Crippen LogP contribution < -0.4 is 0 Å². The normalized spacial score (nSPS) is 15.4. The van der Waals surface area contributed by atoms with Crippen LogP contribution >= 0.6 is 0 Å². The van der Waals surface area contributed by atoms with E-state index in [9.17, 15) is 9.59 Å². The number of para-hydroxylation sites is 1. The Kier molecular flexibility index (Phi) is 4.59. The molecule has 0 saturated carbocycles. The molecule has 1 aliphatic rings. The van der Waals surface area contributed by atoms with Crippen molar-refractivity contribution in [2.24, 2.45) is 0 Å². The SMILES string of the molecule is COC(=O)CN1C(=O)c2ccccc2C1c1c(-c2ccc(C)cc2)[nH]c2ccccc12. The Balaban J connectivity index is 1.78. The number of carbonyl (C=O) groups is 2. The number of amides is 1. The first kappa shape index (κ1) is 19.1. The van der Waals surface area contributed by atoms with Crippen molar-refractivity contribution in [3.8, 4) is 11.3 Å². The predicted molar refractivity (Wildman–Crippen MR) is 120 cm³/mol. The van der Waals surface area contributed by atoms with Gasteiger partial charge in [-0.1, -0.05) is 66.2 Å². The maximum atomic E-state index is 13.3. The molecule has 1 aliphatic heterocycles. The summed E-state index contributed by atoms with van der Waals surface area (Å²) in [6.45, 7) is 1.95. The van der Waals surface area contributed by atoms with E-state index in [0.717, 1.165) is 33.3 Å². The zero-order valence-corrected chi connectivity index (χ0v) is 17.4. The summed E-state index contributed by atoms with van der Waals surface area (Å²) >= 11 is 0. The summed E-state index contributed by atoms with van der Waals surface area (Å²) in [6, 6.07) is 23.6. The molecule has 4 aromatic rings. The van der Waals surface area contributed by atoms with E-state index in [4.69, 9.17) is 4.74 Å². The summed E-state index contributed by atoms with van der Waals surface area (Å²) in [5.74, 6) is -0.603. The number of methoxy groups -OCH3 is 1. The number of H-pyrrole nitrogens is 1. The number of nitrogens with zero attached hydrogens (tertiary/aromatic N) is 1. The zero-order chi connectivity index (χ0) is 21.5. The summed E-state index contributed by atoms with van der Waals surface area (Å²) in [5, 5.41) is 1.03. The number of rotatable bonds is 4. The molecule has 0 aliphatic carbocycles. The Morgan fingerprint density at radius 1 is 1.00 bits per heavy atom. The van der Waals surface area contributed by atoms with Crippen LogP contribution in [0.15, 0.2) is 72.8 Å². The van der Waals surface area contributed by atoms with Crippen LogP contribution in [-0.4, -0.2) is 35.4 Å². The fourth-order valence-corrected chi connectivity index (χ4v) is 4.44. The van der Waals surface area contributed by atoms with E-state index in [-0.39, 0.29) is 12.5 Å². The number of carbonyl (C=O) groups excluding carboxylic acids is 2. The average Bonchev–Trinajstić information content (AvgIpc) is 3.30. The van der Waals surface area contributed by atoms with Gasteiger partial charge in [0.25, 0.3) is 5.91 Å². The number of ether oxygens (including phenoxy) is 1. The molecule has 31 heavy (non-hydrogen) atoms. The summed E-state index contributed by atoms with van der Waals surface area (Å²) in [7, 11) is 1.34. The number of hydrogen-bond acceptors (Lipinski definition) is 3. The van der Waals surface area contributed by atoms with E-state index in [0.29, 0.717) is 5.56 Å². The third kappa shape index (κ3) is 3.10. The Hall–Kier alpha value is -3.86. The minimum atomic E-state index is -0.442. The quantitative estimate of drug-likeness (QED) is 0.489. The van der Waals surface area contributed by atoms with Gasteiger partial charge in [-0.3, -0.25) is 9.59 Å². The first-order chi connectivity index (χ1) is 15.1. The minimum absolute atomic E-state index is 0.110. The van der Waals surface area contributed by atoms with Gasteiger partial charge in [0.1, 0.15) is 6.54 Å². The van der Waals surface area contributed by atoms with Crippen molar-refractivity contribution in [1.82, 2.24) is 9.88 Å². The van der Waals surface area contributed by atoms with Crippen molar-refractivity contribution >= 4 is 22.8 Å². The van der Waals surface area contributed by atoms with E-state index in [1.54, 1.807) is 4.90 Å². The molecular weight excluding hydrogens is 388 g/mol. The van der Waals surface area contributed by atoms with Gasteiger partial charge in [-0.15, -0.1) is 0 Å². The highest BCUT2D eigenvalue weighted by Crippen LogP contribution is 2.45. The molecule has 1 atom stereocenters. The van der Waals surface area contributed by atoms with Crippen LogP contribution in [0, 0.1) is 6.92 Å². The predicted octanol–water partition coefficient (Wildman–Crippen LogP) is 4.86. The molecule has 5 heteroatoms. The summed E-state index contributed by atoms with van der Waals surface area (Å²) in [5.41, 5.74) is 6.66. The van der Waals surface area contributed by atoms with E-state index < -0.39 is 12.0 Å². The van der Waals surface area contributed by atoms with Gasteiger partial charge < -0.3 is 14.6 Å². The lowest BCUT2D eigenvalue weighted by atomic mass is 9.93. The van der Waals surface area contributed by atoms with Crippen LogP contribution in [-0.2, 0) is 9.53 Å². The Morgan fingerprint density at radius 2 is 1.71 bits per heavy atom. The maximum absolute atomic E-state index is 13.3. The Labute approximate surface area is 180 Å². The van der Waals surface area contributed by atoms with Crippen molar-refractivity contribution in [3.63, 3.8) is 0 Å². The minimum Gasteiger partial charge on any atom is -0.468 e.